The first kappa shape index (κ1) is 13.4. The van der Waals surface area contributed by atoms with E-state index in [1.54, 1.807) is 0 Å². The largest absolute Gasteiger partial charge is 0.378 e. The Hall–Kier alpha value is -1.60. The maximum absolute atomic E-state index is 5.90. The van der Waals surface area contributed by atoms with Gasteiger partial charge in [-0.2, -0.15) is 9.97 Å². The first-order chi connectivity index (χ1) is 9.75. The summed E-state index contributed by atoms with van der Waals surface area (Å²) in [5, 5.41) is 0. The first-order valence-electron chi connectivity index (χ1n) is 7.05. The summed E-state index contributed by atoms with van der Waals surface area (Å²) in [6.07, 6.45) is 0. The quantitative estimate of drug-likeness (QED) is 0.819. The van der Waals surface area contributed by atoms with Crippen LogP contribution in [0.4, 0.5) is 17.6 Å². The van der Waals surface area contributed by atoms with Gasteiger partial charge in [-0.05, 0) is 6.92 Å². The SMILES string of the molecule is Cc1c(N2CCOCC2)nc(N)nc1N1CCOCC1. The molecule has 1 aromatic heterocycles. The molecule has 2 fully saturated rings. The highest BCUT2D eigenvalue weighted by atomic mass is 16.5. The molecule has 3 heterocycles. The number of morpholine rings is 2. The van der Waals surface area contributed by atoms with E-state index >= 15 is 0 Å². The van der Waals surface area contributed by atoms with Crippen LogP contribution in [0, 0.1) is 6.92 Å². The molecule has 0 radical (unpaired) electrons. The van der Waals surface area contributed by atoms with Crippen molar-refractivity contribution in [1.29, 1.82) is 0 Å². The van der Waals surface area contributed by atoms with Gasteiger partial charge in [0.25, 0.3) is 0 Å². The molecule has 0 aliphatic carbocycles. The number of nitrogen functional groups attached to an aromatic ring is 1. The van der Waals surface area contributed by atoms with Gasteiger partial charge in [-0.15, -0.1) is 0 Å². The number of nitrogens with zero attached hydrogens (tertiary/aromatic N) is 4. The summed E-state index contributed by atoms with van der Waals surface area (Å²) in [7, 11) is 0. The average molecular weight is 279 g/mol. The molecule has 7 nitrogen and oxygen atoms in total. The Morgan fingerprint density at radius 2 is 1.25 bits per heavy atom. The van der Waals surface area contributed by atoms with Gasteiger partial charge in [0, 0.05) is 31.7 Å². The average Bonchev–Trinajstić information content (AvgIpc) is 2.51. The lowest BCUT2D eigenvalue weighted by Gasteiger charge is -2.33. The van der Waals surface area contributed by atoms with Crippen LogP contribution in [0.1, 0.15) is 5.56 Å². The van der Waals surface area contributed by atoms with Crippen molar-refractivity contribution in [2.75, 3.05) is 68.1 Å². The number of rotatable bonds is 2. The molecule has 0 aromatic carbocycles. The zero-order chi connectivity index (χ0) is 13.9. The number of hydrogen-bond acceptors (Lipinski definition) is 7. The van der Waals surface area contributed by atoms with E-state index in [4.69, 9.17) is 15.2 Å². The molecule has 2 N–H and O–H groups in total. The minimum atomic E-state index is 0.332. The van der Waals surface area contributed by atoms with Crippen molar-refractivity contribution in [3.63, 3.8) is 0 Å². The number of anilines is 3. The van der Waals surface area contributed by atoms with Crippen molar-refractivity contribution >= 4 is 17.6 Å². The second-order valence-electron chi connectivity index (χ2n) is 5.05. The zero-order valence-electron chi connectivity index (χ0n) is 11.8. The van der Waals surface area contributed by atoms with E-state index in [1.807, 2.05) is 0 Å². The van der Waals surface area contributed by atoms with Crippen molar-refractivity contribution in [3.8, 4) is 0 Å². The molecular formula is C13H21N5O2. The normalized spacial score (nSPS) is 20.2. The van der Waals surface area contributed by atoms with Gasteiger partial charge in [0.05, 0.1) is 26.4 Å². The van der Waals surface area contributed by atoms with Crippen molar-refractivity contribution in [3.05, 3.63) is 5.56 Å². The topological polar surface area (TPSA) is 76.7 Å². The Bertz CT molecular complexity index is 431. The molecule has 0 saturated carbocycles. The molecular weight excluding hydrogens is 258 g/mol. The molecule has 1 aromatic rings. The van der Waals surface area contributed by atoms with Crippen LogP contribution >= 0.6 is 0 Å². The molecule has 2 aliphatic rings. The van der Waals surface area contributed by atoms with Gasteiger partial charge in [-0.25, -0.2) is 0 Å². The second kappa shape index (κ2) is 5.80. The fraction of sp³-hybridized carbons (Fsp3) is 0.692. The molecule has 110 valence electrons. The fourth-order valence-corrected chi connectivity index (χ4v) is 2.68. The Kier molecular flexibility index (Phi) is 3.88. The lowest BCUT2D eigenvalue weighted by molar-refractivity contribution is 0.121. The lowest BCUT2D eigenvalue weighted by atomic mass is 10.2. The maximum Gasteiger partial charge on any atom is 0.223 e. The van der Waals surface area contributed by atoms with E-state index in [0.29, 0.717) is 5.95 Å². The number of ether oxygens (including phenoxy) is 2. The lowest BCUT2D eigenvalue weighted by Crippen LogP contribution is -2.40. The van der Waals surface area contributed by atoms with Crippen LogP contribution in [0.2, 0.25) is 0 Å². The highest BCUT2D eigenvalue weighted by Gasteiger charge is 2.22. The summed E-state index contributed by atoms with van der Waals surface area (Å²) in [4.78, 5) is 13.3. The van der Waals surface area contributed by atoms with E-state index in [2.05, 4.69) is 26.7 Å². The van der Waals surface area contributed by atoms with Gasteiger partial charge in [-0.3, -0.25) is 0 Å². The predicted octanol–water partition coefficient (Wildman–Crippen LogP) is 0.0404. The zero-order valence-corrected chi connectivity index (χ0v) is 11.8. The summed E-state index contributed by atoms with van der Waals surface area (Å²) in [6, 6.07) is 0. The third-order valence-corrected chi connectivity index (χ3v) is 3.73. The number of nitrogens with two attached hydrogens (primary N) is 1. The van der Waals surface area contributed by atoms with Crippen molar-refractivity contribution in [2.45, 2.75) is 6.92 Å². The summed E-state index contributed by atoms with van der Waals surface area (Å²) >= 11 is 0. The number of aromatic nitrogens is 2. The smallest absolute Gasteiger partial charge is 0.223 e. The van der Waals surface area contributed by atoms with E-state index in [-0.39, 0.29) is 0 Å². The van der Waals surface area contributed by atoms with Gasteiger partial charge in [0.15, 0.2) is 0 Å². The molecule has 7 heteroatoms. The second-order valence-corrected chi connectivity index (χ2v) is 5.05. The van der Waals surface area contributed by atoms with Gasteiger partial charge in [0.1, 0.15) is 11.6 Å². The van der Waals surface area contributed by atoms with E-state index < -0.39 is 0 Å². The Balaban J connectivity index is 1.91. The Morgan fingerprint density at radius 1 is 0.850 bits per heavy atom. The van der Waals surface area contributed by atoms with Crippen molar-refractivity contribution in [2.24, 2.45) is 0 Å². The number of hydrogen-bond donors (Lipinski definition) is 1. The molecule has 0 unspecified atom stereocenters. The molecule has 0 atom stereocenters. The summed E-state index contributed by atoms with van der Waals surface area (Å²) < 4.78 is 10.8. The summed E-state index contributed by atoms with van der Waals surface area (Å²) in [6.45, 7) is 8.38. The molecule has 0 bridgehead atoms. The summed E-state index contributed by atoms with van der Waals surface area (Å²) in [5.41, 5.74) is 6.99. The molecule has 0 spiro atoms. The van der Waals surface area contributed by atoms with Crippen LogP contribution in [0.5, 0.6) is 0 Å². The van der Waals surface area contributed by atoms with Crippen molar-refractivity contribution in [1.82, 2.24) is 9.97 Å². The fourth-order valence-electron chi connectivity index (χ4n) is 2.68. The van der Waals surface area contributed by atoms with Crippen LogP contribution in [0.25, 0.3) is 0 Å². The van der Waals surface area contributed by atoms with Crippen LogP contribution in [-0.2, 0) is 9.47 Å². The highest BCUT2D eigenvalue weighted by Crippen LogP contribution is 2.28. The van der Waals surface area contributed by atoms with Gasteiger partial charge < -0.3 is 25.0 Å². The predicted molar refractivity (Wildman–Crippen MR) is 77.2 cm³/mol. The van der Waals surface area contributed by atoms with Crippen LogP contribution in [-0.4, -0.2) is 62.6 Å². The monoisotopic (exact) mass is 279 g/mol. The molecule has 0 amide bonds. The van der Waals surface area contributed by atoms with Crippen LogP contribution in [0.3, 0.4) is 0 Å². The van der Waals surface area contributed by atoms with E-state index in [1.165, 1.54) is 0 Å². The minimum Gasteiger partial charge on any atom is -0.378 e. The minimum absolute atomic E-state index is 0.332. The van der Waals surface area contributed by atoms with Gasteiger partial charge >= 0.3 is 0 Å². The van der Waals surface area contributed by atoms with Gasteiger partial charge in [0.2, 0.25) is 5.95 Å². The first-order valence-corrected chi connectivity index (χ1v) is 7.05. The standard InChI is InChI=1S/C13H21N5O2/c1-10-11(17-2-6-19-7-3-17)15-13(14)16-12(10)18-4-8-20-9-5-18/h2-9H2,1H3,(H2,14,15,16). The Labute approximate surface area is 118 Å². The van der Waals surface area contributed by atoms with Crippen LogP contribution < -0.4 is 15.5 Å². The third kappa shape index (κ3) is 2.64. The molecule has 2 saturated heterocycles. The maximum atomic E-state index is 5.90. The molecule has 20 heavy (non-hydrogen) atoms. The summed E-state index contributed by atoms with van der Waals surface area (Å²) in [5.74, 6) is 2.20. The highest BCUT2D eigenvalue weighted by molar-refractivity contribution is 5.62. The van der Waals surface area contributed by atoms with Gasteiger partial charge in [-0.1, -0.05) is 0 Å². The van der Waals surface area contributed by atoms with E-state index in [0.717, 1.165) is 69.8 Å². The van der Waals surface area contributed by atoms with E-state index in [9.17, 15) is 0 Å². The molecule has 3 rings (SSSR count). The Morgan fingerprint density at radius 3 is 1.65 bits per heavy atom. The van der Waals surface area contributed by atoms with Crippen LogP contribution in [0.15, 0.2) is 0 Å². The third-order valence-electron chi connectivity index (χ3n) is 3.73. The van der Waals surface area contributed by atoms with Crippen molar-refractivity contribution < 1.29 is 9.47 Å². The molecule has 2 aliphatic heterocycles.